The van der Waals surface area contributed by atoms with E-state index < -0.39 is 21.5 Å². The van der Waals surface area contributed by atoms with E-state index in [0.29, 0.717) is 17.8 Å². The van der Waals surface area contributed by atoms with Gasteiger partial charge in [0, 0.05) is 11.4 Å². The van der Waals surface area contributed by atoms with Crippen LogP contribution >= 0.6 is 0 Å². The third kappa shape index (κ3) is 5.30. The molecule has 0 bridgehead atoms. The minimum atomic E-state index is -3.32. The van der Waals surface area contributed by atoms with Gasteiger partial charge in [0.1, 0.15) is 5.75 Å². The SMILES string of the molecule is CCCCS(=O)(=O)CC(=O)Nc1ccc(C)c(N)c1. The number of nitrogen functional groups attached to an aromatic ring is 1. The molecule has 0 saturated heterocycles. The fraction of sp³-hybridized carbons (Fsp3) is 0.462. The molecular formula is C13H20N2O3S. The number of carbonyl (C=O) groups excluding carboxylic acids is 1. The van der Waals surface area contributed by atoms with Gasteiger partial charge in [-0.1, -0.05) is 19.4 Å². The summed E-state index contributed by atoms with van der Waals surface area (Å²) in [7, 11) is -3.32. The van der Waals surface area contributed by atoms with Gasteiger partial charge >= 0.3 is 0 Å². The normalized spacial score (nSPS) is 11.3. The number of hydrogen-bond donors (Lipinski definition) is 2. The second kappa shape index (κ2) is 6.56. The molecule has 0 spiro atoms. The largest absolute Gasteiger partial charge is 0.398 e. The minimum Gasteiger partial charge on any atom is -0.398 e. The lowest BCUT2D eigenvalue weighted by molar-refractivity contribution is -0.113. The van der Waals surface area contributed by atoms with Crippen LogP contribution in [-0.2, 0) is 14.6 Å². The van der Waals surface area contributed by atoms with Gasteiger partial charge in [0.25, 0.3) is 0 Å². The molecule has 0 aliphatic carbocycles. The monoisotopic (exact) mass is 284 g/mol. The number of benzene rings is 1. The summed E-state index contributed by atoms with van der Waals surface area (Å²) < 4.78 is 23.3. The summed E-state index contributed by atoms with van der Waals surface area (Å²) in [6, 6.07) is 5.09. The van der Waals surface area contributed by atoms with E-state index in [1.54, 1.807) is 18.2 Å². The molecule has 0 fully saturated rings. The number of amides is 1. The molecule has 0 unspecified atom stereocenters. The molecule has 0 aromatic heterocycles. The molecule has 1 rings (SSSR count). The lowest BCUT2D eigenvalue weighted by atomic mass is 10.2. The van der Waals surface area contributed by atoms with Crippen LogP contribution in [0.5, 0.6) is 0 Å². The first-order valence-corrected chi connectivity index (χ1v) is 8.02. The van der Waals surface area contributed by atoms with Crippen LogP contribution in [0.2, 0.25) is 0 Å². The Morgan fingerprint density at radius 2 is 2.05 bits per heavy atom. The zero-order chi connectivity index (χ0) is 14.5. The molecule has 0 aliphatic heterocycles. The van der Waals surface area contributed by atoms with Crippen molar-refractivity contribution in [3.8, 4) is 0 Å². The van der Waals surface area contributed by atoms with E-state index in [2.05, 4.69) is 5.32 Å². The van der Waals surface area contributed by atoms with Crippen LogP contribution in [0.4, 0.5) is 11.4 Å². The lowest BCUT2D eigenvalue weighted by Crippen LogP contribution is -2.24. The Labute approximate surface area is 114 Å². The highest BCUT2D eigenvalue weighted by atomic mass is 32.2. The number of hydrogen-bond acceptors (Lipinski definition) is 4. The Balaban J connectivity index is 2.62. The van der Waals surface area contributed by atoms with Crippen molar-refractivity contribution in [1.29, 1.82) is 0 Å². The molecule has 3 N–H and O–H groups in total. The number of anilines is 2. The predicted molar refractivity (Wildman–Crippen MR) is 77.8 cm³/mol. The quantitative estimate of drug-likeness (QED) is 0.778. The molecule has 6 heteroatoms. The van der Waals surface area contributed by atoms with E-state index >= 15 is 0 Å². The standard InChI is InChI=1S/C13H20N2O3S/c1-3-4-7-19(17,18)9-13(16)15-11-6-5-10(2)12(14)8-11/h5-6,8H,3-4,7,9,14H2,1-2H3,(H,15,16). The molecule has 0 saturated carbocycles. The van der Waals surface area contributed by atoms with Gasteiger partial charge in [0.2, 0.25) is 5.91 Å². The van der Waals surface area contributed by atoms with Crippen molar-refractivity contribution in [2.75, 3.05) is 22.6 Å². The van der Waals surface area contributed by atoms with E-state index in [9.17, 15) is 13.2 Å². The predicted octanol–water partition coefficient (Wildman–Crippen LogP) is 1.73. The van der Waals surface area contributed by atoms with E-state index in [1.165, 1.54) is 0 Å². The summed E-state index contributed by atoms with van der Waals surface area (Å²) in [5.74, 6) is -0.965. The number of unbranched alkanes of at least 4 members (excludes halogenated alkanes) is 1. The zero-order valence-corrected chi connectivity index (χ0v) is 12.1. The Kier molecular flexibility index (Phi) is 5.35. The highest BCUT2D eigenvalue weighted by molar-refractivity contribution is 7.92. The summed E-state index contributed by atoms with van der Waals surface area (Å²) in [4.78, 5) is 11.7. The van der Waals surface area contributed by atoms with E-state index in [4.69, 9.17) is 5.73 Å². The third-order valence-electron chi connectivity index (χ3n) is 2.72. The van der Waals surface area contributed by atoms with Gasteiger partial charge in [-0.25, -0.2) is 8.42 Å². The Morgan fingerprint density at radius 1 is 1.37 bits per heavy atom. The van der Waals surface area contributed by atoms with Gasteiger partial charge in [-0.2, -0.15) is 0 Å². The van der Waals surface area contributed by atoms with Crippen molar-refractivity contribution < 1.29 is 13.2 Å². The lowest BCUT2D eigenvalue weighted by Gasteiger charge is -2.08. The van der Waals surface area contributed by atoms with Gasteiger partial charge < -0.3 is 11.1 Å². The number of carbonyl (C=O) groups is 1. The van der Waals surface area contributed by atoms with Crippen molar-refractivity contribution in [3.63, 3.8) is 0 Å². The summed E-state index contributed by atoms with van der Waals surface area (Å²) in [6.07, 6.45) is 1.36. The van der Waals surface area contributed by atoms with E-state index in [0.717, 1.165) is 12.0 Å². The van der Waals surface area contributed by atoms with Gasteiger partial charge in [0.05, 0.1) is 5.75 Å². The van der Waals surface area contributed by atoms with Gasteiger partial charge in [0.15, 0.2) is 9.84 Å². The van der Waals surface area contributed by atoms with Crippen LogP contribution in [0, 0.1) is 6.92 Å². The van der Waals surface area contributed by atoms with Gasteiger partial charge in [-0.05, 0) is 31.0 Å². The summed E-state index contributed by atoms with van der Waals surface area (Å²) >= 11 is 0. The second-order valence-corrected chi connectivity index (χ2v) is 6.75. The summed E-state index contributed by atoms with van der Waals surface area (Å²) in [5, 5.41) is 2.54. The topological polar surface area (TPSA) is 89.3 Å². The number of aryl methyl sites for hydroxylation is 1. The molecule has 0 radical (unpaired) electrons. The Bertz CT molecular complexity index is 553. The smallest absolute Gasteiger partial charge is 0.239 e. The molecule has 0 atom stereocenters. The first-order valence-electron chi connectivity index (χ1n) is 6.20. The maximum absolute atomic E-state index is 11.7. The van der Waals surface area contributed by atoms with Crippen molar-refractivity contribution in [3.05, 3.63) is 23.8 Å². The van der Waals surface area contributed by atoms with Gasteiger partial charge in [-0.15, -0.1) is 0 Å². The maximum atomic E-state index is 11.7. The first-order chi connectivity index (χ1) is 8.84. The van der Waals surface area contributed by atoms with Crippen molar-refractivity contribution in [2.45, 2.75) is 26.7 Å². The first kappa shape index (κ1) is 15.5. The second-order valence-electron chi connectivity index (χ2n) is 4.57. The summed E-state index contributed by atoms with van der Waals surface area (Å²) in [5.41, 5.74) is 7.70. The number of rotatable bonds is 6. The van der Waals surface area contributed by atoms with E-state index in [1.807, 2.05) is 13.8 Å². The molecule has 106 valence electrons. The third-order valence-corrected chi connectivity index (χ3v) is 4.34. The number of nitrogens with one attached hydrogen (secondary N) is 1. The van der Waals surface area contributed by atoms with Crippen LogP contribution < -0.4 is 11.1 Å². The van der Waals surface area contributed by atoms with Crippen molar-refractivity contribution >= 4 is 27.1 Å². The van der Waals surface area contributed by atoms with Crippen LogP contribution in [0.25, 0.3) is 0 Å². The van der Waals surface area contributed by atoms with Crippen molar-refractivity contribution in [2.24, 2.45) is 0 Å². The van der Waals surface area contributed by atoms with Crippen LogP contribution in [-0.4, -0.2) is 25.8 Å². The molecule has 19 heavy (non-hydrogen) atoms. The molecule has 1 aromatic rings. The zero-order valence-electron chi connectivity index (χ0n) is 11.3. The van der Waals surface area contributed by atoms with Crippen LogP contribution in [0.1, 0.15) is 25.3 Å². The van der Waals surface area contributed by atoms with E-state index in [-0.39, 0.29) is 5.75 Å². The van der Waals surface area contributed by atoms with Crippen molar-refractivity contribution in [1.82, 2.24) is 0 Å². The van der Waals surface area contributed by atoms with Crippen LogP contribution in [0.3, 0.4) is 0 Å². The molecule has 0 heterocycles. The molecule has 1 amide bonds. The average Bonchev–Trinajstić information content (AvgIpc) is 2.30. The maximum Gasteiger partial charge on any atom is 0.239 e. The number of sulfone groups is 1. The molecular weight excluding hydrogens is 264 g/mol. The highest BCUT2D eigenvalue weighted by Gasteiger charge is 2.16. The molecule has 1 aromatic carbocycles. The minimum absolute atomic E-state index is 0.0486. The Hall–Kier alpha value is -1.56. The molecule has 0 aliphatic rings. The highest BCUT2D eigenvalue weighted by Crippen LogP contribution is 2.16. The molecule has 5 nitrogen and oxygen atoms in total. The number of nitrogens with two attached hydrogens (primary N) is 1. The average molecular weight is 284 g/mol. The fourth-order valence-corrected chi connectivity index (χ4v) is 2.90. The van der Waals surface area contributed by atoms with Gasteiger partial charge in [-0.3, -0.25) is 4.79 Å². The summed E-state index contributed by atoms with van der Waals surface area (Å²) in [6.45, 7) is 3.76. The fourth-order valence-electron chi connectivity index (χ4n) is 1.55. The van der Waals surface area contributed by atoms with Crippen LogP contribution in [0.15, 0.2) is 18.2 Å². The Morgan fingerprint density at radius 3 is 2.63 bits per heavy atom.